The Labute approximate surface area is 110 Å². The summed E-state index contributed by atoms with van der Waals surface area (Å²) >= 11 is 0. The van der Waals surface area contributed by atoms with Crippen LogP contribution in [0.1, 0.15) is 12.8 Å². The van der Waals surface area contributed by atoms with Crippen molar-refractivity contribution in [2.75, 3.05) is 19.6 Å². The number of hydrogen-bond donors (Lipinski definition) is 2. The van der Waals surface area contributed by atoms with Crippen LogP contribution in [0.4, 0.5) is 5.82 Å². The normalized spacial score (nSPS) is 19.1. The van der Waals surface area contributed by atoms with Crippen LogP contribution in [-0.4, -0.2) is 40.2 Å². The predicted octanol–water partition coefficient (Wildman–Crippen LogP) is -0.0929. The molecular formula is C11H17N5O3. The average Bonchev–Trinajstić information content (AvgIpc) is 2.86. The van der Waals surface area contributed by atoms with Crippen molar-refractivity contribution in [3.8, 4) is 0 Å². The fourth-order valence-electron chi connectivity index (χ4n) is 2.10. The monoisotopic (exact) mass is 267 g/mol. The fraction of sp³-hybridized carbons (Fsp3) is 0.636. The molecule has 2 rings (SSSR count). The Morgan fingerprint density at radius 1 is 1.68 bits per heavy atom. The molecule has 0 aromatic carbocycles. The minimum Gasteiger partial charge on any atom is -0.358 e. The van der Waals surface area contributed by atoms with Crippen molar-refractivity contribution >= 4 is 11.7 Å². The molecule has 1 fully saturated rings. The summed E-state index contributed by atoms with van der Waals surface area (Å²) in [5.41, 5.74) is 0. The van der Waals surface area contributed by atoms with Gasteiger partial charge in [0.15, 0.2) is 0 Å². The Kier molecular flexibility index (Phi) is 4.45. The Morgan fingerprint density at radius 3 is 3.16 bits per heavy atom. The van der Waals surface area contributed by atoms with Crippen LogP contribution in [0, 0.1) is 16.0 Å². The van der Waals surface area contributed by atoms with Crippen LogP contribution < -0.4 is 10.6 Å². The van der Waals surface area contributed by atoms with Crippen LogP contribution in [-0.2, 0) is 11.3 Å². The van der Waals surface area contributed by atoms with Crippen LogP contribution in [0.5, 0.6) is 0 Å². The second-order valence-corrected chi connectivity index (χ2v) is 4.65. The van der Waals surface area contributed by atoms with E-state index >= 15 is 0 Å². The first kappa shape index (κ1) is 13.5. The maximum absolute atomic E-state index is 11.7. The number of nitro groups is 1. The van der Waals surface area contributed by atoms with Gasteiger partial charge in [0.2, 0.25) is 5.91 Å². The number of nitrogens with one attached hydrogen (secondary N) is 2. The molecule has 1 aromatic heterocycles. The van der Waals surface area contributed by atoms with E-state index in [4.69, 9.17) is 0 Å². The smallest absolute Gasteiger partial charge is 0.358 e. The van der Waals surface area contributed by atoms with E-state index in [1.165, 1.54) is 16.9 Å². The zero-order chi connectivity index (χ0) is 13.7. The average molecular weight is 267 g/mol. The second-order valence-electron chi connectivity index (χ2n) is 4.65. The van der Waals surface area contributed by atoms with Gasteiger partial charge in [-0.25, -0.2) is 0 Å². The molecule has 0 radical (unpaired) electrons. The van der Waals surface area contributed by atoms with Gasteiger partial charge in [-0.1, -0.05) is 0 Å². The molecule has 8 heteroatoms. The molecule has 104 valence electrons. The van der Waals surface area contributed by atoms with E-state index in [0.29, 0.717) is 12.5 Å². The van der Waals surface area contributed by atoms with E-state index in [1.807, 2.05) is 0 Å². The highest BCUT2D eigenvalue weighted by atomic mass is 16.6. The highest BCUT2D eigenvalue weighted by Crippen LogP contribution is 2.08. The topological polar surface area (TPSA) is 102 Å². The second kappa shape index (κ2) is 6.28. The van der Waals surface area contributed by atoms with Gasteiger partial charge in [0.25, 0.3) is 0 Å². The van der Waals surface area contributed by atoms with Gasteiger partial charge in [0, 0.05) is 6.54 Å². The third-order valence-electron chi connectivity index (χ3n) is 3.11. The Morgan fingerprint density at radius 2 is 2.53 bits per heavy atom. The molecule has 8 nitrogen and oxygen atoms in total. The molecular weight excluding hydrogens is 250 g/mol. The number of carbonyl (C=O) groups is 1. The van der Waals surface area contributed by atoms with Crippen molar-refractivity contribution in [1.29, 1.82) is 0 Å². The summed E-state index contributed by atoms with van der Waals surface area (Å²) in [6.07, 6.45) is 3.67. The Balaban J connectivity index is 1.75. The number of aromatic nitrogens is 2. The van der Waals surface area contributed by atoms with Gasteiger partial charge in [-0.05, 0) is 36.8 Å². The van der Waals surface area contributed by atoms with Gasteiger partial charge in [0.05, 0.1) is 17.4 Å². The molecule has 1 aliphatic rings. The Bertz CT molecular complexity index is 453. The van der Waals surface area contributed by atoms with Crippen LogP contribution in [0.25, 0.3) is 0 Å². The highest BCUT2D eigenvalue weighted by Gasteiger charge is 2.16. The third-order valence-corrected chi connectivity index (χ3v) is 3.11. The lowest BCUT2D eigenvalue weighted by atomic mass is 10.00. The number of carbonyl (C=O) groups excluding carboxylic acids is 1. The van der Waals surface area contributed by atoms with E-state index in [-0.39, 0.29) is 18.3 Å². The van der Waals surface area contributed by atoms with Crippen LogP contribution in [0.3, 0.4) is 0 Å². The van der Waals surface area contributed by atoms with Gasteiger partial charge in [-0.3, -0.25) is 4.79 Å². The summed E-state index contributed by atoms with van der Waals surface area (Å²) in [5, 5.41) is 20.3. The molecule has 1 amide bonds. The van der Waals surface area contributed by atoms with Crippen molar-refractivity contribution in [3.05, 3.63) is 22.4 Å². The maximum atomic E-state index is 11.7. The molecule has 0 bridgehead atoms. The van der Waals surface area contributed by atoms with Crippen molar-refractivity contribution in [2.24, 2.45) is 5.92 Å². The third kappa shape index (κ3) is 4.02. The van der Waals surface area contributed by atoms with E-state index < -0.39 is 4.92 Å². The number of amides is 1. The summed E-state index contributed by atoms with van der Waals surface area (Å²) < 4.78 is 1.27. The van der Waals surface area contributed by atoms with Gasteiger partial charge < -0.3 is 20.7 Å². The first-order valence-electron chi connectivity index (χ1n) is 6.30. The number of hydrogen-bond acceptors (Lipinski definition) is 5. The first-order valence-corrected chi connectivity index (χ1v) is 6.30. The number of piperidine rings is 1. The number of rotatable bonds is 5. The van der Waals surface area contributed by atoms with Crippen LogP contribution in [0.15, 0.2) is 12.3 Å². The van der Waals surface area contributed by atoms with Crippen molar-refractivity contribution < 1.29 is 9.72 Å². The number of nitrogens with zero attached hydrogens (tertiary/aromatic N) is 3. The predicted molar refractivity (Wildman–Crippen MR) is 67.5 cm³/mol. The standard InChI is InChI=1S/C11H17N5O3/c17-11(13-7-9-2-1-4-12-6-9)8-15-5-3-10(14-15)16(18)19/h3,5,9,12H,1-2,4,6-8H2,(H,13,17). The SMILES string of the molecule is O=C(Cn1ccc([N+](=O)[O-])n1)NCC1CCCNC1. The molecule has 0 saturated carbocycles. The van der Waals surface area contributed by atoms with Gasteiger partial charge in [-0.15, -0.1) is 0 Å². The minimum atomic E-state index is -0.581. The lowest BCUT2D eigenvalue weighted by Gasteiger charge is -2.22. The zero-order valence-electron chi connectivity index (χ0n) is 10.5. The first-order chi connectivity index (χ1) is 9.15. The van der Waals surface area contributed by atoms with Gasteiger partial charge in [0.1, 0.15) is 6.54 Å². The molecule has 1 aromatic rings. The Hall–Kier alpha value is -1.96. The van der Waals surface area contributed by atoms with E-state index in [9.17, 15) is 14.9 Å². The summed E-state index contributed by atoms with van der Waals surface area (Å²) in [4.78, 5) is 21.5. The van der Waals surface area contributed by atoms with Crippen molar-refractivity contribution in [1.82, 2.24) is 20.4 Å². The molecule has 1 aliphatic heterocycles. The highest BCUT2D eigenvalue weighted by molar-refractivity contribution is 5.75. The zero-order valence-corrected chi connectivity index (χ0v) is 10.5. The molecule has 1 atom stereocenters. The van der Waals surface area contributed by atoms with E-state index in [2.05, 4.69) is 15.7 Å². The lowest BCUT2D eigenvalue weighted by molar-refractivity contribution is -0.389. The molecule has 2 N–H and O–H groups in total. The molecule has 19 heavy (non-hydrogen) atoms. The van der Waals surface area contributed by atoms with E-state index in [1.54, 1.807) is 0 Å². The summed E-state index contributed by atoms with van der Waals surface area (Å²) in [5.74, 6) is 0.0394. The molecule has 0 aliphatic carbocycles. The van der Waals surface area contributed by atoms with Crippen molar-refractivity contribution in [3.63, 3.8) is 0 Å². The van der Waals surface area contributed by atoms with Gasteiger partial charge in [-0.2, -0.15) is 4.68 Å². The largest absolute Gasteiger partial charge is 0.389 e. The minimum absolute atomic E-state index is 0.00793. The lowest BCUT2D eigenvalue weighted by Crippen LogP contribution is -2.39. The van der Waals surface area contributed by atoms with Crippen LogP contribution in [0.2, 0.25) is 0 Å². The van der Waals surface area contributed by atoms with Crippen LogP contribution >= 0.6 is 0 Å². The summed E-state index contributed by atoms with van der Waals surface area (Å²) in [6.45, 7) is 2.61. The molecule has 1 unspecified atom stereocenters. The van der Waals surface area contributed by atoms with Crippen molar-refractivity contribution in [2.45, 2.75) is 19.4 Å². The fourth-order valence-corrected chi connectivity index (χ4v) is 2.10. The summed E-state index contributed by atoms with van der Waals surface area (Å²) in [6, 6.07) is 1.28. The molecule has 0 spiro atoms. The summed E-state index contributed by atoms with van der Waals surface area (Å²) in [7, 11) is 0. The van der Waals surface area contributed by atoms with Gasteiger partial charge >= 0.3 is 5.82 Å². The molecule has 1 saturated heterocycles. The maximum Gasteiger partial charge on any atom is 0.389 e. The molecule has 2 heterocycles. The quantitative estimate of drug-likeness (QED) is 0.573. The van der Waals surface area contributed by atoms with E-state index in [0.717, 1.165) is 25.9 Å².